The number of carbonyl (C=O) groups is 1. The largest absolute Gasteiger partial charge is 0.478 e. The van der Waals surface area contributed by atoms with E-state index >= 15 is 0 Å². The molecule has 0 unspecified atom stereocenters. The third kappa shape index (κ3) is 1.38. The maximum atomic E-state index is 12.6. The Morgan fingerprint density at radius 2 is 1.83 bits per heavy atom. The van der Waals surface area contributed by atoms with Crippen LogP contribution in [0.2, 0.25) is 5.02 Å². The van der Waals surface area contributed by atoms with Crippen molar-refractivity contribution in [2.75, 3.05) is 0 Å². The summed E-state index contributed by atoms with van der Waals surface area (Å²) in [6, 6.07) is 1.48. The molecule has 64 valence electrons. The molecule has 1 N–H and O–H groups in total. The topological polar surface area (TPSA) is 37.3 Å². The summed E-state index contributed by atoms with van der Waals surface area (Å²) in [6.45, 7) is 0. The van der Waals surface area contributed by atoms with Crippen molar-refractivity contribution in [3.05, 3.63) is 34.4 Å². The van der Waals surface area contributed by atoms with Crippen molar-refractivity contribution < 1.29 is 18.7 Å². The molecule has 0 amide bonds. The van der Waals surface area contributed by atoms with Crippen molar-refractivity contribution in [2.45, 2.75) is 0 Å². The minimum atomic E-state index is -1.59. The Balaban J connectivity index is 3.43. The SMILES string of the molecule is O=C(O)c1c(F)ccc(F)c1Cl. The van der Waals surface area contributed by atoms with Crippen molar-refractivity contribution in [3.63, 3.8) is 0 Å². The molecule has 0 radical (unpaired) electrons. The number of benzene rings is 1. The number of hydrogen-bond donors (Lipinski definition) is 1. The van der Waals surface area contributed by atoms with Crippen molar-refractivity contribution in [1.29, 1.82) is 0 Å². The van der Waals surface area contributed by atoms with E-state index in [9.17, 15) is 13.6 Å². The Morgan fingerprint density at radius 3 is 2.25 bits per heavy atom. The fourth-order valence-corrected chi connectivity index (χ4v) is 0.957. The number of carboxylic acids is 1. The van der Waals surface area contributed by atoms with Gasteiger partial charge in [0.25, 0.3) is 0 Å². The smallest absolute Gasteiger partial charge is 0.340 e. The molecule has 2 nitrogen and oxygen atoms in total. The predicted molar refractivity (Wildman–Crippen MR) is 38.3 cm³/mol. The van der Waals surface area contributed by atoms with Crippen LogP contribution < -0.4 is 0 Å². The zero-order valence-corrected chi connectivity index (χ0v) is 6.40. The number of halogens is 3. The maximum Gasteiger partial charge on any atom is 0.340 e. The van der Waals surface area contributed by atoms with Gasteiger partial charge in [0, 0.05) is 0 Å². The molecule has 0 bridgehead atoms. The molecule has 1 aromatic rings. The van der Waals surface area contributed by atoms with Crippen molar-refractivity contribution in [1.82, 2.24) is 0 Å². The molecule has 0 aromatic heterocycles. The highest BCUT2D eigenvalue weighted by Gasteiger charge is 2.17. The summed E-state index contributed by atoms with van der Waals surface area (Å²) in [7, 11) is 0. The monoisotopic (exact) mass is 192 g/mol. The Hall–Kier alpha value is -1.16. The number of aromatic carboxylic acids is 1. The number of hydrogen-bond acceptors (Lipinski definition) is 1. The Labute approximate surface area is 71.4 Å². The van der Waals surface area contributed by atoms with E-state index in [0.717, 1.165) is 6.07 Å². The van der Waals surface area contributed by atoms with Gasteiger partial charge in [-0.15, -0.1) is 0 Å². The third-order valence-corrected chi connectivity index (χ3v) is 1.63. The summed E-state index contributed by atoms with van der Waals surface area (Å²) in [5, 5.41) is 7.67. The molecule has 0 heterocycles. The second kappa shape index (κ2) is 3.06. The first-order valence-electron chi connectivity index (χ1n) is 2.91. The molecule has 12 heavy (non-hydrogen) atoms. The summed E-state index contributed by atoms with van der Waals surface area (Å²) in [4.78, 5) is 10.3. The van der Waals surface area contributed by atoms with E-state index < -0.39 is 28.2 Å². The minimum absolute atomic E-state index is 0.706. The quantitative estimate of drug-likeness (QED) is 0.694. The summed E-state index contributed by atoms with van der Waals surface area (Å²) in [6.07, 6.45) is 0. The molecule has 5 heteroatoms. The molecule has 0 saturated carbocycles. The van der Waals surface area contributed by atoms with Crippen LogP contribution in [-0.4, -0.2) is 11.1 Å². The highest BCUT2D eigenvalue weighted by atomic mass is 35.5. The van der Waals surface area contributed by atoms with E-state index in [0.29, 0.717) is 6.07 Å². The van der Waals surface area contributed by atoms with Gasteiger partial charge in [-0.25, -0.2) is 13.6 Å². The first-order chi connectivity index (χ1) is 5.54. The summed E-state index contributed by atoms with van der Waals surface area (Å²) in [5.74, 6) is -3.58. The second-order valence-corrected chi connectivity index (χ2v) is 2.40. The minimum Gasteiger partial charge on any atom is -0.478 e. The van der Waals surface area contributed by atoms with E-state index in [2.05, 4.69) is 0 Å². The van der Waals surface area contributed by atoms with Crippen LogP contribution in [-0.2, 0) is 0 Å². The average molecular weight is 193 g/mol. The number of rotatable bonds is 1. The maximum absolute atomic E-state index is 12.6. The summed E-state index contributed by atoms with van der Waals surface area (Å²) in [5.41, 5.74) is -0.836. The molecule has 0 spiro atoms. The Morgan fingerprint density at radius 1 is 1.33 bits per heavy atom. The molecular formula is C7H3ClF2O2. The fourth-order valence-electron chi connectivity index (χ4n) is 0.723. The van der Waals surface area contributed by atoms with Crippen LogP contribution in [0.3, 0.4) is 0 Å². The van der Waals surface area contributed by atoms with E-state index in [1.807, 2.05) is 0 Å². The predicted octanol–water partition coefficient (Wildman–Crippen LogP) is 2.32. The highest BCUT2D eigenvalue weighted by molar-refractivity contribution is 6.33. The van der Waals surface area contributed by atoms with E-state index in [1.165, 1.54) is 0 Å². The molecule has 0 saturated heterocycles. The van der Waals surface area contributed by atoms with Crippen LogP contribution in [0.4, 0.5) is 8.78 Å². The summed E-state index contributed by atoms with van der Waals surface area (Å²) < 4.78 is 25.2. The van der Waals surface area contributed by atoms with Crippen LogP contribution in [0.25, 0.3) is 0 Å². The van der Waals surface area contributed by atoms with Crippen LogP contribution in [0.1, 0.15) is 10.4 Å². The zero-order chi connectivity index (χ0) is 9.30. The lowest BCUT2D eigenvalue weighted by Gasteiger charge is -2.00. The van der Waals surface area contributed by atoms with Gasteiger partial charge in [0.15, 0.2) is 0 Å². The van der Waals surface area contributed by atoms with Gasteiger partial charge in [-0.2, -0.15) is 0 Å². The standard InChI is InChI=1S/C7H3ClF2O2/c8-6-4(10)2-1-3(9)5(6)7(11)12/h1-2H,(H,11,12). The van der Waals surface area contributed by atoms with E-state index in [4.69, 9.17) is 16.7 Å². The molecular weight excluding hydrogens is 190 g/mol. The third-order valence-electron chi connectivity index (χ3n) is 1.26. The Bertz CT molecular complexity index is 338. The molecule has 1 rings (SSSR count). The van der Waals surface area contributed by atoms with Gasteiger partial charge < -0.3 is 5.11 Å². The molecule has 0 fully saturated rings. The van der Waals surface area contributed by atoms with Gasteiger partial charge in [0.2, 0.25) is 0 Å². The van der Waals surface area contributed by atoms with Crippen LogP contribution in [0, 0.1) is 11.6 Å². The average Bonchev–Trinajstić information content (AvgIpc) is 1.97. The molecule has 0 aliphatic rings. The van der Waals surface area contributed by atoms with Gasteiger partial charge in [-0.05, 0) is 12.1 Å². The van der Waals surface area contributed by atoms with Gasteiger partial charge in [-0.3, -0.25) is 0 Å². The van der Waals surface area contributed by atoms with E-state index in [-0.39, 0.29) is 0 Å². The Kier molecular flexibility index (Phi) is 2.28. The molecule has 0 aliphatic heterocycles. The van der Waals surface area contributed by atoms with Gasteiger partial charge in [-0.1, -0.05) is 11.6 Å². The first kappa shape index (κ1) is 8.93. The molecule has 0 aliphatic carbocycles. The van der Waals surface area contributed by atoms with Crippen LogP contribution >= 0.6 is 11.6 Å². The second-order valence-electron chi connectivity index (χ2n) is 2.02. The lowest BCUT2D eigenvalue weighted by molar-refractivity contribution is 0.0691. The van der Waals surface area contributed by atoms with Gasteiger partial charge in [0.1, 0.15) is 17.2 Å². The van der Waals surface area contributed by atoms with Crippen LogP contribution in [0.5, 0.6) is 0 Å². The lowest BCUT2D eigenvalue weighted by atomic mass is 10.2. The van der Waals surface area contributed by atoms with E-state index in [1.54, 1.807) is 0 Å². The normalized spacial score (nSPS) is 9.92. The zero-order valence-electron chi connectivity index (χ0n) is 5.64. The number of carboxylic acid groups (broad SMARTS) is 1. The van der Waals surface area contributed by atoms with Gasteiger partial charge in [0.05, 0.1) is 5.02 Å². The molecule has 0 atom stereocenters. The first-order valence-corrected chi connectivity index (χ1v) is 3.28. The highest BCUT2D eigenvalue weighted by Crippen LogP contribution is 2.22. The van der Waals surface area contributed by atoms with Crippen molar-refractivity contribution in [2.24, 2.45) is 0 Å². The van der Waals surface area contributed by atoms with Crippen molar-refractivity contribution in [3.8, 4) is 0 Å². The summed E-state index contributed by atoms with van der Waals surface area (Å²) >= 11 is 5.20. The fraction of sp³-hybridized carbons (Fsp3) is 0. The van der Waals surface area contributed by atoms with Gasteiger partial charge >= 0.3 is 5.97 Å². The van der Waals surface area contributed by atoms with Crippen molar-refractivity contribution >= 4 is 17.6 Å². The lowest BCUT2D eigenvalue weighted by Crippen LogP contribution is -2.02. The molecule has 1 aromatic carbocycles. The van der Waals surface area contributed by atoms with Crippen LogP contribution in [0.15, 0.2) is 12.1 Å².